The average molecular weight is 310 g/mol. The zero-order chi connectivity index (χ0) is 14.8. The molecule has 3 nitrogen and oxygen atoms in total. The van der Waals surface area contributed by atoms with Crippen LogP contribution in [0.1, 0.15) is 12.8 Å². The summed E-state index contributed by atoms with van der Waals surface area (Å²) in [6.07, 6.45) is -3.09. The molecule has 0 atom stereocenters. The van der Waals surface area contributed by atoms with Gasteiger partial charge in [0.2, 0.25) is 0 Å². The second-order valence-corrected chi connectivity index (χ2v) is 5.23. The summed E-state index contributed by atoms with van der Waals surface area (Å²) in [6, 6.07) is 3.80. The summed E-state index contributed by atoms with van der Waals surface area (Å²) in [4.78, 5) is 2.18. The third kappa shape index (κ3) is 4.76. The van der Waals surface area contributed by atoms with E-state index in [0.29, 0.717) is 5.75 Å². The summed E-state index contributed by atoms with van der Waals surface area (Å²) >= 11 is 5.78. The summed E-state index contributed by atoms with van der Waals surface area (Å²) < 4.78 is 46.1. The van der Waals surface area contributed by atoms with Crippen LogP contribution < -0.4 is 9.47 Å². The van der Waals surface area contributed by atoms with Gasteiger partial charge in [-0.2, -0.15) is 0 Å². The maximum Gasteiger partial charge on any atom is 0.573 e. The summed E-state index contributed by atoms with van der Waals surface area (Å²) in [7, 11) is 2.02. The van der Waals surface area contributed by atoms with Gasteiger partial charge in [-0.15, -0.1) is 13.2 Å². The van der Waals surface area contributed by atoms with Crippen LogP contribution in [0.3, 0.4) is 0 Å². The number of hydrogen-bond acceptors (Lipinski definition) is 3. The van der Waals surface area contributed by atoms with Crippen molar-refractivity contribution >= 4 is 11.6 Å². The van der Waals surface area contributed by atoms with Gasteiger partial charge in [0.25, 0.3) is 0 Å². The summed E-state index contributed by atoms with van der Waals surface area (Å²) in [5, 5.41) is 0.148. The van der Waals surface area contributed by atoms with Crippen LogP contribution in [-0.4, -0.2) is 37.5 Å². The summed E-state index contributed by atoms with van der Waals surface area (Å²) in [5.41, 5.74) is 0. The van der Waals surface area contributed by atoms with Crippen molar-refractivity contribution in [3.05, 3.63) is 23.2 Å². The molecule has 0 spiro atoms. The van der Waals surface area contributed by atoms with Crippen LogP contribution >= 0.6 is 11.6 Å². The molecule has 0 saturated carbocycles. The van der Waals surface area contributed by atoms with E-state index in [1.807, 2.05) is 7.05 Å². The Balaban J connectivity index is 2.04. The smallest absolute Gasteiger partial charge is 0.490 e. The maximum absolute atomic E-state index is 12.2. The van der Waals surface area contributed by atoms with Crippen LogP contribution in [0.2, 0.25) is 5.02 Å². The Labute approximate surface area is 120 Å². The lowest BCUT2D eigenvalue weighted by molar-refractivity contribution is -0.274. The van der Waals surface area contributed by atoms with Crippen molar-refractivity contribution < 1.29 is 22.6 Å². The van der Waals surface area contributed by atoms with Crippen molar-refractivity contribution in [2.24, 2.45) is 0 Å². The van der Waals surface area contributed by atoms with Crippen LogP contribution in [0.25, 0.3) is 0 Å². The van der Waals surface area contributed by atoms with Gasteiger partial charge in [-0.1, -0.05) is 11.6 Å². The number of rotatable bonds is 3. The van der Waals surface area contributed by atoms with Crippen LogP contribution in [0.4, 0.5) is 13.2 Å². The van der Waals surface area contributed by atoms with Gasteiger partial charge in [-0.3, -0.25) is 0 Å². The van der Waals surface area contributed by atoms with E-state index >= 15 is 0 Å². The number of hydrogen-bond donors (Lipinski definition) is 0. The monoisotopic (exact) mass is 309 g/mol. The van der Waals surface area contributed by atoms with Gasteiger partial charge in [0.1, 0.15) is 17.6 Å². The Morgan fingerprint density at radius 1 is 1.15 bits per heavy atom. The Bertz CT molecular complexity index is 459. The highest BCUT2D eigenvalue weighted by atomic mass is 35.5. The zero-order valence-corrected chi connectivity index (χ0v) is 11.7. The predicted molar refractivity (Wildman–Crippen MR) is 69.3 cm³/mol. The molecule has 0 bridgehead atoms. The fourth-order valence-corrected chi connectivity index (χ4v) is 2.31. The Hall–Kier alpha value is -1.14. The number of ether oxygens (including phenoxy) is 2. The van der Waals surface area contributed by atoms with Crippen LogP contribution in [0, 0.1) is 0 Å². The molecule has 20 heavy (non-hydrogen) atoms. The Morgan fingerprint density at radius 2 is 1.75 bits per heavy atom. The van der Waals surface area contributed by atoms with E-state index < -0.39 is 6.36 Å². The highest BCUT2D eigenvalue weighted by molar-refractivity contribution is 6.30. The summed E-state index contributed by atoms with van der Waals surface area (Å²) in [5.74, 6) is -0.0702. The molecule has 1 fully saturated rings. The second-order valence-electron chi connectivity index (χ2n) is 4.79. The molecule has 1 aliphatic rings. The minimum absolute atomic E-state index is 0.0107. The van der Waals surface area contributed by atoms with E-state index in [-0.39, 0.29) is 16.9 Å². The SMILES string of the molecule is CN1CCC(Oc2cc(Cl)cc(OC(F)(F)F)c2)CC1. The van der Waals surface area contributed by atoms with Gasteiger partial charge in [0, 0.05) is 24.2 Å². The molecule has 0 N–H and O–H groups in total. The number of nitrogens with zero attached hydrogens (tertiary/aromatic N) is 1. The van der Waals surface area contributed by atoms with E-state index in [4.69, 9.17) is 16.3 Å². The number of alkyl halides is 3. The standard InChI is InChI=1S/C13H15ClF3NO2/c1-18-4-2-10(3-5-18)19-11-6-9(14)7-12(8-11)20-13(15,16)17/h6-8,10H,2-5H2,1H3. The lowest BCUT2D eigenvalue weighted by Gasteiger charge is -2.29. The molecule has 0 amide bonds. The zero-order valence-electron chi connectivity index (χ0n) is 10.9. The average Bonchev–Trinajstić information content (AvgIpc) is 2.29. The van der Waals surface area contributed by atoms with Crippen molar-refractivity contribution in [1.29, 1.82) is 0 Å². The minimum atomic E-state index is -4.74. The van der Waals surface area contributed by atoms with Crippen molar-refractivity contribution in [2.75, 3.05) is 20.1 Å². The molecule has 1 saturated heterocycles. The molecule has 2 rings (SSSR count). The van der Waals surface area contributed by atoms with Crippen molar-refractivity contribution in [3.63, 3.8) is 0 Å². The molecule has 1 aliphatic heterocycles. The fourth-order valence-electron chi connectivity index (χ4n) is 2.09. The topological polar surface area (TPSA) is 21.7 Å². The first-order valence-corrected chi connectivity index (χ1v) is 6.61. The molecule has 112 valence electrons. The molecule has 0 unspecified atom stereocenters. The van der Waals surface area contributed by atoms with Crippen molar-refractivity contribution in [1.82, 2.24) is 4.90 Å². The quantitative estimate of drug-likeness (QED) is 0.849. The first-order chi connectivity index (χ1) is 9.32. The largest absolute Gasteiger partial charge is 0.573 e. The lowest BCUT2D eigenvalue weighted by atomic mass is 10.1. The van der Waals surface area contributed by atoms with E-state index in [1.165, 1.54) is 12.1 Å². The highest BCUT2D eigenvalue weighted by Gasteiger charge is 2.31. The third-order valence-electron chi connectivity index (χ3n) is 3.05. The lowest BCUT2D eigenvalue weighted by Crippen LogP contribution is -2.35. The predicted octanol–water partition coefficient (Wildman–Crippen LogP) is 3.71. The third-order valence-corrected chi connectivity index (χ3v) is 3.26. The maximum atomic E-state index is 12.2. The second kappa shape index (κ2) is 6.10. The number of likely N-dealkylation sites (tertiary alicyclic amines) is 1. The number of piperidine rings is 1. The van der Waals surface area contributed by atoms with Gasteiger partial charge in [-0.25, -0.2) is 0 Å². The Kier molecular flexibility index (Phi) is 4.65. The van der Waals surface area contributed by atoms with Crippen molar-refractivity contribution in [3.8, 4) is 11.5 Å². The summed E-state index contributed by atoms with van der Waals surface area (Å²) in [6.45, 7) is 1.80. The van der Waals surface area contributed by atoms with Gasteiger partial charge >= 0.3 is 6.36 Å². The molecular formula is C13H15ClF3NO2. The van der Waals surface area contributed by atoms with Gasteiger partial charge in [0.05, 0.1) is 0 Å². The minimum Gasteiger partial charge on any atom is -0.490 e. The highest BCUT2D eigenvalue weighted by Crippen LogP contribution is 2.31. The Morgan fingerprint density at radius 3 is 2.35 bits per heavy atom. The van der Waals surface area contributed by atoms with Crippen molar-refractivity contribution in [2.45, 2.75) is 25.3 Å². The van der Waals surface area contributed by atoms with E-state index in [2.05, 4.69) is 9.64 Å². The first-order valence-electron chi connectivity index (χ1n) is 6.23. The normalized spacial score (nSPS) is 18.1. The van der Waals surface area contributed by atoms with Gasteiger partial charge < -0.3 is 14.4 Å². The first kappa shape index (κ1) is 15.3. The molecule has 1 aromatic carbocycles. The van der Waals surface area contributed by atoms with Gasteiger partial charge in [-0.05, 0) is 32.0 Å². The molecule has 1 heterocycles. The molecule has 0 radical (unpaired) electrons. The van der Waals surface area contributed by atoms with Crippen LogP contribution in [0.15, 0.2) is 18.2 Å². The van der Waals surface area contributed by atoms with Crippen LogP contribution in [-0.2, 0) is 0 Å². The van der Waals surface area contributed by atoms with Crippen LogP contribution in [0.5, 0.6) is 11.5 Å². The molecule has 7 heteroatoms. The fraction of sp³-hybridized carbons (Fsp3) is 0.538. The van der Waals surface area contributed by atoms with Gasteiger partial charge in [0.15, 0.2) is 0 Å². The number of halogens is 4. The van der Waals surface area contributed by atoms with E-state index in [9.17, 15) is 13.2 Å². The molecule has 0 aliphatic carbocycles. The molecular weight excluding hydrogens is 295 g/mol. The molecule has 0 aromatic heterocycles. The number of benzene rings is 1. The molecule has 1 aromatic rings. The van der Waals surface area contributed by atoms with E-state index in [1.54, 1.807) is 0 Å². The van der Waals surface area contributed by atoms with E-state index in [0.717, 1.165) is 32.0 Å².